The molecule has 6 heteroatoms. The Balaban J connectivity index is 2.69. The average Bonchev–Trinajstić information content (AvgIpc) is 2.61. The monoisotopic (exact) mass is 268 g/mol. The highest BCUT2D eigenvalue weighted by atomic mass is 79.9. The van der Waals surface area contributed by atoms with Gasteiger partial charge in [-0.2, -0.15) is 0 Å². The number of aromatic nitrogens is 2. The number of carbonyl (C=O) groups excluding carboxylic acids is 1. The van der Waals surface area contributed by atoms with E-state index in [1.807, 2.05) is 0 Å². The van der Waals surface area contributed by atoms with E-state index in [9.17, 15) is 9.59 Å². The number of Topliss-reactive ketones (excluding diaryl/α,β-unsaturated/α-hetero) is 1. The van der Waals surface area contributed by atoms with Crippen molar-refractivity contribution in [3.63, 3.8) is 0 Å². The summed E-state index contributed by atoms with van der Waals surface area (Å²) >= 11 is 3.20. The molecule has 0 aliphatic heterocycles. The molecule has 0 aliphatic carbocycles. The first-order valence-corrected chi connectivity index (χ1v) is 4.80. The zero-order valence-electron chi connectivity index (χ0n) is 7.32. The van der Waals surface area contributed by atoms with Crippen LogP contribution in [0.1, 0.15) is 10.4 Å². The van der Waals surface area contributed by atoms with Crippen LogP contribution in [-0.2, 0) is 4.79 Å². The van der Waals surface area contributed by atoms with Crippen molar-refractivity contribution in [1.29, 1.82) is 0 Å². The maximum atomic E-state index is 11.3. The van der Waals surface area contributed by atoms with E-state index in [-0.39, 0.29) is 5.56 Å². The van der Waals surface area contributed by atoms with Crippen LogP contribution >= 0.6 is 15.9 Å². The lowest BCUT2D eigenvalue weighted by atomic mass is 10.1. The number of hydrogen-bond donors (Lipinski definition) is 2. The van der Waals surface area contributed by atoms with Crippen molar-refractivity contribution in [2.75, 3.05) is 0 Å². The Morgan fingerprint density at radius 1 is 1.47 bits per heavy atom. The molecule has 0 amide bonds. The van der Waals surface area contributed by atoms with Crippen LogP contribution in [0.15, 0.2) is 23.1 Å². The summed E-state index contributed by atoms with van der Waals surface area (Å²) in [5.74, 6) is -2.40. The molecule has 5 nitrogen and oxygen atoms in total. The van der Waals surface area contributed by atoms with Gasteiger partial charge in [0, 0.05) is 17.8 Å². The van der Waals surface area contributed by atoms with Gasteiger partial charge in [-0.25, -0.2) is 9.78 Å². The van der Waals surface area contributed by atoms with Gasteiger partial charge >= 0.3 is 5.97 Å². The molecule has 76 valence electrons. The summed E-state index contributed by atoms with van der Waals surface area (Å²) in [5, 5.41) is 9.14. The molecule has 2 aromatic rings. The maximum absolute atomic E-state index is 11.3. The molecule has 0 spiro atoms. The smallest absolute Gasteiger partial charge is 0.377 e. The van der Waals surface area contributed by atoms with Crippen molar-refractivity contribution < 1.29 is 14.7 Å². The lowest BCUT2D eigenvalue weighted by molar-refractivity contribution is -0.131. The number of rotatable bonds is 2. The lowest BCUT2D eigenvalue weighted by Crippen LogP contribution is -2.11. The van der Waals surface area contributed by atoms with Crippen LogP contribution in [0, 0.1) is 0 Å². The number of halogens is 1. The number of carboxylic acid groups (broad SMARTS) is 1. The Hall–Kier alpha value is -1.69. The van der Waals surface area contributed by atoms with Gasteiger partial charge < -0.3 is 10.1 Å². The molecule has 0 saturated carbocycles. The Kier molecular flexibility index (Phi) is 2.28. The maximum Gasteiger partial charge on any atom is 0.377 e. The standard InChI is InChI=1S/C9H5BrN2O3/c10-8-6-4(1-2-11-8)5(3-12-6)7(13)9(14)15/h1-3,12H,(H,14,15). The summed E-state index contributed by atoms with van der Waals surface area (Å²) in [7, 11) is 0. The van der Waals surface area contributed by atoms with Gasteiger partial charge in [0.25, 0.3) is 5.78 Å². The zero-order valence-corrected chi connectivity index (χ0v) is 8.91. The molecule has 2 rings (SSSR count). The largest absolute Gasteiger partial charge is 0.475 e. The predicted molar refractivity (Wildman–Crippen MR) is 55.8 cm³/mol. The summed E-state index contributed by atoms with van der Waals surface area (Å²) in [5.41, 5.74) is 0.753. The van der Waals surface area contributed by atoms with Crippen LogP contribution in [0.3, 0.4) is 0 Å². The van der Waals surface area contributed by atoms with E-state index in [1.165, 1.54) is 12.4 Å². The van der Waals surface area contributed by atoms with Gasteiger partial charge in [-0.3, -0.25) is 4.79 Å². The molecule has 0 atom stereocenters. The first kappa shape index (κ1) is 9.85. The fourth-order valence-electron chi connectivity index (χ4n) is 1.32. The Labute approximate surface area is 92.3 Å². The third-order valence-electron chi connectivity index (χ3n) is 1.99. The minimum Gasteiger partial charge on any atom is -0.475 e. The van der Waals surface area contributed by atoms with Gasteiger partial charge in [-0.05, 0) is 22.0 Å². The number of H-pyrrole nitrogens is 1. The average molecular weight is 269 g/mol. The van der Waals surface area contributed by atoms with Gasteiger partial charge in [0.15, 0.2) is 0 Å². The van der Waals surface area contributed by atoms with Gasteiger partial charge in [-0.15, -0.1) is 0 Å². The van der Waals surface area contributed by atoms with Crippen molar-refractivity contribution in [3.05, 3.63) is 28.6 Å². The zero-order chi connectivity index (χ0) is 11.0. The van der Waals surface area contributed by atoms with Crippen LogP contribution in [-0.4, -0.2) is 26.8 Å². The van der Waals surface area contributed by atoms with Gasteiger partial charge in [0.1, 0.15) is 4.60 Å². The molecular weight excluding hydrogens is 264 g/mol. The molecule has 15 heavy (non-hydrogen) atoms. The van der Waals surface area contributed by atoms with Crippen LogP contribution < -0.4 is 0 Å². The number of pyridine rings is 1. The minimum absolute atomic E-state index is 0.139. The quantitative estimate of drug-likeness (QED) is 0.492. The number of hydrogen-bond acceptors (Lipinski definition) is 3. The van der Waals surface area contributed by atoms with Gasteiger partial charge in [-0.1, -0.05) is 0 Å². The summed E-state index contributed by atoms with van der Waals surface area (Å²) in [6, 6.07) is 1.59. The van der Waals surface area contributed by atoms with E-state index in [0.29, 0.717) is 15.5 Å². The Bertz CT molecular complexity index is 561. The summed E-state index contributed by atoms with van der Waals surface area (Å²) in [4.78, 5) is 28.6. The van der Waals surface area contributed by atoms with E-state index < -0.39 is 11.8 Å². The molecule has 2 aromatic heterocycles. The van der Waals surface area contributed by atoms with Gasteiger partial charge in [0.05, 0.1) is 11.1 Å². The van der Waals surface area contributed by atoms with Crippen molar-refractivity contribution in [2.24, 2.45) is 0 Å². The molecule has 2 heterocycles. The van der Waals surface area contributed by atoms with E-state index in [4.69, 9.17) is 5.11 Å². The number of fused-ring (bicyclic) bond motifs is 1. The number of carbonyl (C=O) groups is 2. The highest BCUT2D eigenvalue weighted by Gasteiger charge is 2.19. The summed E-state index contributed by atoms with van der Waals surface area (Å²) in [6.45, 7) is 0. The number of nitrogens with zero attached hydrogens (tertiary/aromatic N) is 1. The third kappa shape index (κ3) is 1.52. The molecule has 0 bridgehead atoms. The molecule has 0 fully saturated rings. The molecule has 0 unspecified atom stereocenters. The van der Waals surface area contributed by atoms with E-state index in [0.717, 1.165) is 0 Å². The first-order chi connectivity index (χ1) is 7.11. The second-order valence-electron chi connectivity index (χ2n) is 2.86. The van der Waals surface area contributed by atoms with E-state index >= 15 is 0 Å². The molecule has 0 saturated heterocycles. The summed E-state index contributed by atoms with van der Waals surface area (Å²) < 4.78 is 0.546. The summed E-state index contributed by atoms with van der Waals surface area (Å²) in [6.07, 6.45) is 2.87. The highest BCUT2D eigenvalue weighted by Crippen LogP contribution is 2.23. The number of ketones is 1. The van der Waals surface area contributed by atoms with Crippen LogP contribution in [0.5, 0.6) is 0 Å². The van der Waals surface area contributed by atoms with Crippen LogP contribution in [0.25, 0.3) is 10.9 Å². The Morgan fingerprint density at radius 3 is 2.87 bits per heavy atom. The minimum atomic E-state index is -1.47. The normalized spacial score (nSPS) is 10.5. The SMILES string of the molecule is O=C(O)C(=O)c1c[nH]c2c(Br)nccc12. The Morgan fingerprint density at radius 2 is 2.20 bits per heavy atom. The van der Waals surface area contributed by atoms with Gasteiger partial charge in [0.2, 0.25) is 0 Å². The van der Waals surface area contributed by atoms with E-state index in [1.54, 1.807) is 6.07 Å². The second kappa shape index (κ2) is 3.47. The fraction of sp³-hybridized carbons (Fsp3) is 0. The van der Waals surface area contributed by atoms with Crippen molar-refractivity contribution >= 4 is 38.6 Å². The van der Waals surface area contributed by atoms with Crippen molar-refractivity contribution in [2.45, 2.75) is 0 Å². The molecular formula is C9H5BrN2O3. The molecule has 0 radical (unpaired) electrons. The van der Waals surface area contributed by atoms with Crippen molar-refractivity contribution in [3.8, 4) is 0 Å². The van der Waals surface area contributed by atoms with E-state index in [2.05, 4.69) is 25.9 Å². The predicted octanol–water partition coefficient (Wildman–Crippen LogP) is 1.59. The fourth-order valence-corrected chi connectivity index (χ4v) is 1.77. The lowest BCUT2D eigenvalue weighted by Gasteiger charge is -1.94. The number of aromatic amines is 1. The third-order valence-corrected chi connectivity index (χ3v) is 2.60. The molecule has 0 aliphatic rings. The van der Waals surface area contributed by atoms with Crippen LogP contribution in [0.4, 0.5) is 0 Å². The number of aliphatic carboxylic acids is 1. The molecule has 2 N–H and O–H groups in total. The number of carboxylic acids is 1. The van der Waals surface area contributed by atoms with Crippen LogP contribution in [0.2, 0.25) is 0 Å². The topological polar surface area (TPSA) is 83.0 Å². The number of nitrogens with one attached hydrogen (secondary N) is 1. The second-order valence-corrected chi connectivity index (χ2v) is 3.61. The van der Waals surface area contributed by atoms with Crippen molar-refractivity contribution in [1.82, 2.24) is 9.97 Å². The first-order valence-electron chi connectivity index (χ1n) is 4.00. The highest BCUT2D eigenvalue weighted by molar-refractivity contribution is 9.10. The molecule has 0 aromatic carbocycles.